The van der Waals surface area contributed by atoms with Gasteiger partial charge in [0.15, 0.2) is 0 Å². The van der Waals surface area contributed by atoms with Crippen LogP contribution in [0.25, 0.3) is 0 Å². The molecule has 0 unspecified atom stereocenters. The zero-order chi connectivity index (χ0) is 13.5. The van der Waals surface area contributed by atoms with Crippen LogP contribution in [-0.4, -0.2) is 50.5 Å². The molecule has 0 atom stereocenters. The first-order valence-corrected chi connectivity index (χ1v) is 14.8. The minimum absolute atomic E-state index is 0.112. The van der Waals surface area contributed by atoms with Crippen LogP contribution in [0.2, 0.25) is 13.3 Å². The van der Waals surface area contributed by atoms with Crippen LogP contribution in [0.4, 0.5) is 0 Å². The van der Waals surface area contributed by atoms with Crippen molar-refractivity contribution in [3.8, 4) is 0 Å². The van der Waals surface area contributed by atoms with Gasteiger partial charge in [0.25, 0.3) is 0 Å². The summed E-state index contributed by atoms with van der Waals surface area (Å²) in [4.78, 5) is 31.4. The Kier molecular flexibility index (Phi) is 7.52. The molecule has 8 heteroatoms. The maximum atomic E-state index is 10.5. The van der Waals surface area contributed by atoms with E-state index < -0.39 is 35.2 Å². The summed E-state index contributed by atoms with van der Waals surface area (Å²) in [5.41, 5.74) is 0. The fourth-order valence-electron chi connectivity index (χ4n) is 1.37. The Balaban J connectivity index is 4.37. The molecule has 0 aromatic rings. The molecule has 0 saturated heterocycles. The van der Waals surface area contributed by atoms with E-state index in [-0.39, 0.29) is 32.6 Å². The average molecular weight is 373 g/mol. The number of hydrogen-bond donors (Lipinski definition) is 3. The predicted molar refractivity (Wildman–Crippen MR) is 62.8 cm³/mol. The molecule has 0 saturated carbocycles. The molecule has 0 aliphatic heterocycles. The molecule has 3 N–H and O–H groups in total. The first-order chi connectivity index (χ1) is 7.75. The second-order valence-corrected chi connectivity index (χ2v) is 20.1. The Labute approximate surface area is 106 Å². The van der Waals surface area contributed by atoms with Crippen molar-refractivity contribution in [1.82, 2.24) is 0 Å². The second-order valence-electron chi connectivity index (χ2n) is 3.83. The molecule has 17 heavy (non-hydrogen) atoms. The van der Waals surface area contributed by atoms with E-state index in [2.05, 4.69) is 0 Å². The number of carboxylic acid groups (broad SMARTS) is 3. The molecule has 98 valence electrons. The molecule has 6 nitrogen and oxygen atoms in total. The third-order valence-electron chi connectivity index (χ3n) is 2.36. The number of carbonyl (C=O) groups is 3. The first-order valence-electron chi connectivity index (χ1n) is 5.09. The molecule has 0 aromatic carbocycles. The molecule has 0 fully saturated rings. The summed E-state index contributed by atoms with van der Waals surface area (Å²) in [6.07, 6.45) is -0.337. The van der Waals surface area contributed by atoms with Gasteiger partial charge in [-0.15, -0.1) is 0 Å². The van der Waals surface area contributed by atoms with E-state index in [4.69, 9.17) is 24.2 Å². The van der Waals surface area contributed by atoms with E-state index in [0.717, 1.165) is 0 Å². The van der Waals surface area contributed by atoms with Gasteiger partial charge in [-0.3, -0.25) is 0 Å². The molecular weight excluding hydrogens is 358 g/mol. The fraction of sp³-hybridized carbons (Fsp3) is 0.667. The molecule has 0 amide bonds. The quantitative estimate of drug-likeness (QED) is 0.529. The SMILES string of the molecule is O=C(O)C[CH2][Sn]([Cl])([CH2]CC(=O)O)[CH2]CC(=O)O. The molecule has 0 bridgehead atoms. The van der Waals surface area contributed by atoms with E-state index >= 15 is 0 Å². The summed E-state index contributed by atoms with van der Waals surface area (Å²) in [6.45, 7) is 0. The van der Waals surface area contributed by atoms with Crippen molar-refractivity contribution in [2.24, 2.45) is 0 Å². The number of hydrogen-bond acceptors (Lipinski definition) is 3. The topological polar surface area (TPSA) is 112 Å². The molecule has 0 aliphatic rings. The van der Waals surface area contributed by atoms with Crippen molar-refractivity contribution in [2.45, 2.75) is 32.6 Å². The Morgan fingerprint density at radius 2 is 1.00 bits per heavy atom. The molecule has 0 heterocycles. The van der Waals surface area contributed by atoms with Crippen molar-refractivity contribution in [3.05, 3.63) is 0 Å². The zero-order valence-electron chi connectivity index (χ0n) is 9.19. The van der Waals surface area contributed by atoms with Crippen LogP contribution in [-0.2, 0) is 14.4 Å². The van der Waals surface area contributed by atoms with Gasteiger partial charge in [0.1, 0.15) is 0 Å². The normalized spacial score (nSPS) is 11.1. The number of carboxylic acids is 3. The first kappa shape index (κ1) is 16.5. The van der Waals surface area contributed by atoms with Gasteiger partial charge in [-0.25, -0.2) is 0 Å². The van der Waals surface area contributed by atoms with Crippen molar-refractivity contribution in [2.75, 3.05) is 0 Å². The van der Waals surface area contributed by atoms with Crippen LogP contribution in [0.5, 0.6) is 0 Å². The molecule has 0 aromatic heterocycles. The van der Waals surface area contributed by atoms with Gasteiger partial charge in [-0.05, 0) is 0 Å². The van der Waals surface area contributed by atoms with E-state index in [0.29, 0.717) is 0 Å². The Morgan fingerprint density at radius 1 is 0.765 bits per heavy atom. The number of aliphatic carboxylic acids is 3. The summed E-state index contributed by atoms with van der Waals surface area (Å²) >= 11 is -3.39. The fourth-order valence-corrected chi connectivity index (χ4v) is 11.1. The Hall–Kier alpha value is -0.501. The van der Waals surface area contributed by atoms with Gasteiger partial charge in [-0.1, -0.05) is 0 Å². The van der Waals surface area contributed by atoms with Crippen LogP contribution < -0.4 is 0 Å². The van der Waals surface area contributed by atoms with Crippen molar-refractivity contribution >= 4 is 44.1 Å². The summed E-state index contributed by atoms with van der Waals surface area (Å²) in [6, 6.07) is 0. The standard InChI is InChI=1S/3C3H5O2.ClH.Sn/c3*1-2-3(4)5;;/h3*1-2H2,(H,4,5);1H;/q;;;;+1/p-1. The summed E-state index contributed by atoms with van der Waals surface area (Å²) in [7, 11) is 6.29. The number of rotatable bonds is 9. The third kappa shape index (κ3) is 9.22. The van der Waals surface area contributed by atoms with E-state index in [1.807, 2.05) is 0 Å². The maximum absolute atomic E-state index is 10.5. The van der Waals surface area contributed by atoms with Crippen molar-refractivity contribution in [1.29, 1.82) is 0 Å². The van der Waals surface area contributed by atoms with E-state index in [9.17, 15) is 14.4 Å². The van der Waals surface area contributed by atoms with Crippen molar-refractivity contribution < 1.29 is 29.7 Å². The predicted octanol–water partition coefficient (Wildman–Crippen LogP) is 1.59. The number of halogens is 1. The van der Waals surface area contributed by atoms with Gasteiger partial charge >= 0.3 is 106 Å². The van der Waals surface area contributed by atoms with Gasteiger partial charge in [0.2, 0.25) is 0 Å². The summed E-state index contributed by atoms with van der Waals surface area (Å²) in [5, 5.41) is 25.7. The van der Waals surface area contributed by atoms with Gasteiger partial charge in [0, 0.05) is 0 Å². The molecule has 0 spiro atoms. The molecule has 0 radical (unpaired) electrons. The van der Waals surface area contributed by atoms with Crippen LogP contribution in [0.1, 0.15) is 19.3 Å². The summed E-state index contributed by atoms with van der Waals surface area (Å²) in [5.74, 6) is -2.97. The van der Waals surface area contributed by atoms with Crippen LogP contribution in [0.3, 0.4) is 0 Å². The Morgan fingerprint density at radius 3 is 1.18 bits per heavy atom. The van der Waals surface area contributed by atoms with E-state index in [1.165, 1.54) is 0 Å². The minimum atomic E-state index is -3.39. The van der Waals surface area contributed by atoms with E-state index in [1.54, 1.807) is 0 Å². The van der Waals surface area contributed by atoms with Crippen LogP contribution in [0, 0.1) is 0 Å². The molecule has 0 rings (SSSR count). The van der Waals surface area contributed by atoms with Crippen LogP contribution >= 0.6 is 8.92 Å². The Bertz CT molecular complexity index is 260. The molecular formula is C9H15ClO6Sn. The van der Waals surface area contributed by atoms with Crippen molar-refractivity contribution in [3.63, 3.8) is 0 Å². The summed E-state index contributed by atoms with van der Waals surface area (Å²) < 4.78 is 0.810. The van der Waals surface area contributed by atoms with Crippen LogP contribution in [0.15, 0.2) is 0 Å². The monoisotopic (exact) mass is 374 g/mol. The van der Waals surface area contributed by atoms with Gasteiger partial charge in [0.05, 0.1) is 0 Å². The third-order valence-corrected chi connectivity index (χ3v) is 16.0. The molecule has 0 aliphatic carbocycles. The second kappa shape index (κ2) is 7.75. The average Bonchev–Trinajstić information content (AvgIpc) is 2.21. The van der Waals surface area contributed by atoms with Gasteiger partial charge in [-0.2, -0.15) is 0 Å². The van der Waals surface area contributed by atoms with Gasteiger partial charge < -0.3 is 0 Å². The zero-order valence-corrected chi connectivity index (χ0v) is 12.8.